The topological polar surface area (TPSA) is 70.2 Å². The van der Waals surface area contributed by atoms with Crippen LogP contribution >= 0.6 is 0 Å². The molecule has 1 aromatic rings. The van der Waals surface area contributed by atoms with Gasteiger partial charge in [-0.15, -0.1) is 0 Å². The first-order chi connectivity index (χ1) is 10.1. The summed E-state index contributed by atoms with van der Waals surface area (Å²) in [5.74, 6) is 0.548. The Morgan fingerprint density at radius 1 is 1.29 bits per heavy atom. The van der Waals surface area contributed by atoms with Crippen molar-refractivity contribution < 1.29 is 9.59 Å². The molecule has 1 aromatic carbocycles. The van der Waals surface area contributed by atoms with Gasteiger partial charge in [0.05, 0.1) is 6.54 Å². The lowest BCUT2D eigenvalue weighted by atomic mass is 10.1. The molecule has 0 atom stereocenters. The molecule has 0 bridgehead atoms. The van der Waals surface area contributed by atoms with E-state index in [0.29, 0.717) is 24.3 Å². The molecule has 0 unspecified atom stereocenters. The Labute approximate surface area is 125 Å². The van der Waals surface area contributed by atoms with Gasteiger partial charge in [-0.05, 0) is 56.8 Å². The third kappa shape index (κ3) is 4.86. The Balaban J connectivity index is 1.92. The summed E-state index contributed by atoms with van der Waals surface area (Å²) < 4.78 is 0. The van der Waals surface area contributed by atoms with Gasteiger partial charge in [0.2, 0.25) is 5.91 Å². The Morgan fingerprint density at radius 2 is 2.05 bits per heavy atom. The number of nitrogens with one attached hydrogen (secondary N) is 3. The van der Waals surface area contributed by atoms with Gasteiger partial charge in [0.25, 0.3) is 5.91 Å². The molecular weight excluding hydrogens is 266 g/mol. The lowest BCUT2D eigenvalue weighted by Crippen LogP contribution is -2.30. The Hall–Kier alpha value is -1.88. The molecule has 0 aromatic heterocycles. The van der Waals surface area contributed by atoms with Crippen LogP contribution in [0.1, 0.15) is 35.7 Å². The van der Waals surface area contributed by atoms with E-state index in [1.54, 1.807) is 12.1 Å². The van der Waals surface area contributed by atoms with Crippen LogP contribution in [0, 0.1) is 12.8 Å². The quantitative estimate of drug-likeness (QED) is 0.715. The third-order valence-corrected chi connectivity index (χ3v) is 3.53. The van der Waals surface area contributed by atoms with Crippen molar-refractivity contribution in [2.24, 2.45) is 5.92 Å². The van der Waals surface area contributed by atoms with Gasteiger partial charge in [-0.25, -0.2) is 0 Å². The Bertz CT molecular complexity index is 524. The summed E-state index contributed by atoms with van der Waals surface area (Å²) >= 11 is 0. The minimum Gasteiger partial charge on any atom is -0.352 e. The van der Waals surface area contributed by atoms with E-state index >= 15 is 0 Å². The average Bonchev–Trinajstić information content (AvgIpc) is 3.25. The first-order valence-corrected chi connectivity index (χ1v) is 7.49. The van der Waals surface area contributed by atoms with Crippen LogP contribution in [0.5, 0.6) is 0 Å². The predicted molar refractivity (Wildman–Crippen MR) is 83.4 cm³/mol. The molecule has 5 heteroatoms. The molecule has 2 rings (SSSR count). The van der Waals surface area contributed by atoms with Crippen LogP contribution in [0.15, 0.2) is 18.2 Å². The fourth-order valence-electron chi connectivity index (χ4n) is 2.07. The Kier molecular flexibility index (Phi) is 5.33. The van der Waals surface area contributed by atoms with Crippen molar-refractivity contribution in [3.8, 4) is 0 Å². The summed E-state index contributed by atoms with van der Waals surface area (Å²) in [5.41, 5.74) is 2.19. The molecule has 1 aliphatic rings. The monoisotopic (exact) mass is 289 g/mol. The molecule has 0 saturated heterocycles. The van der Waals surface area contributed by atoms with Crippen molar-refractivity contribution in [1.82, 2.24) is 10.6 Å². The smallest absolute Gasteiger partial charge is 0.251 e. The van der Waals surface area contributed by atoms with Crippen LogP contribution in [0.25, 0.3) is 0 Å². The van der Waals surface area contributed by atoms with Crippen molar-refractivity contribution in [2.75, 3.05) is 25.0 Å². The van der Waals surface area contributed by atoms with Gasteiger partial charge < -0.3 is 16.0 Å². The first-order valence-electron chi connectivity index (χ1n) is 7.49. The number of benzene rings is 1. The van der Waals surface area contributed by atoms with Crippen LogP contribution < -0.4 is 16.0 Å². The van der Waals surface area contributed by atoms with E-state index in [1.807, 2.05) is 19.9 Å². The highest BCUT2D eigenvalue weighted by Crippen LogP contribution is 2.27. The molecule has 0 spiro atoms. The summed E-state index contributed by atoms with van der Waals surface area (Å²) in [4.78, 5) is 23.7. The van der Waals surface area contributed by atoms with Gasteiger partial charge >= 0.3 is 0 Å². The van der Waals surface area contributed by atoms with Crippen LogP contribution in [0.4, 0.5) is 5.69 Å². The van der Waals surface area contributed by atoms with Crippen molar-refractivity contribution in [3.05, 3.63) is 29.3 Å². The largest absolute Gasteiger partial charge is 0.352 e. The lowest BCUT2D eigenvalue weighted by Gasteiger charge is -2.11. The molecule has 0 heterocycles. The van der Waals surface area contributed by atoms with Crippen molar-refractivity contribution in [2.45, 2.75) is 26.7 Å². The van der Waals surface area contributed by atoms with E-state index in [-0.39, 0.29) is 11.8 Å². The zero-order valence-electron chi connectivity index (χ0n) is 12.7. The Morgan fingerprint density at radius 3 is 2.71 bits per heavy atom. The number of anilines is 1. The van der Waals surface area contributed by atoms with E-state index in [0.717, 1.165) is 18.0 Å². The molecule has 1 saturated carbocycles. The fourth-order valence-corrected chi connectivity index (χ4v) is 2.07. The van der Waals surface area contributed by atoms with Gasteiger partial charge in [0, 0.05) is 17.8 Å². The van der Waals surface area contributed by atoms with Crippen molar-refractivity contribution >= 4 is 17.5 Å². The highest BCUT2D eigenvalue weighted by molar-refractivity contribution is 5.98. The van der Waals surface area contributed by atoms with Crippen LogP contribution in [0.3, 0.4) is 0 Å². The molecule has 2 amide bonds. The molecule has 0 radical (unpaired) electrons. The second-order valence-electron chi connectivity index (χ2n) is 5.51. The van der Waals surface area contributed by atoms with Crippen LogP contribution in [0.2, 0.25) is 0 Å². The zero-order chi connectivity index (χ0) is 15.2. The number of hydrogen-bond acceptors (Lipinski definition) is 3. The maximum Gasteiger partial charge on any atom is 0.251 e. The maximum atomic E-state index is 11.9. The molecular formula is C16H23N3O2. The van der Waals surface area contributed by atoms with E-state index in [1.165, 1.54) is 12.8 Å². The summed E-state index contributed by atoms with van der Waals surface area (Å²) in [7, 11) is 0. The first kappa shape index (κ1) is 15.5. The van der Waals surface area contributed by atoms with Crippen molar-refractivity contribution in [3.63, 3.8) is 0 Å². The summed E-state index contributed by atoms with van der Waals surface area (Å²) in [6.45, 7) is 5.58. The summed E-state index contributed by atoms with van der Waals surface area (Å²) in [6, 6.07) is 5.33. The third-order valence-electron chi connectivity index (χ3n) is 3.53. The number of amides is 2. The minimum absolute atomic E-state index is 0.0770. The van der Waals surface area contributed by atoms with Gasteiger partial charge in [-0.2, -0.15) is 0 Å². The standard InChI is InChI=1S/C16H23N3O2/c1-3-18-16(21)13-7-4-11(2)14(8-13)19-15(20)10-17-9-12-5-6-12/h4,7-8,12,17H,3,5-6,9-10H2,1-2H3,(H,18,21)(H,19,20). The summed E-state index contributed by atoms with van der Waals surface area (Å²) in [5, 5.41) is 8.76. The normalized spacial score (nSPS) is 13.8. The van der Waals surface area contributed by atoms with Gasteiger partial charge in [-0.3, -0.25) is 9.59 Å². The van der Waals surface area contributed by atoms with Crippen LogP contribution in [-0.4, -0.2) is 31.4 Å². The van der Waals surface area contributed by atoms with Gasteiger partial charge in [-0.1, -0.05) is 6.07 Å². The van der Waals surface area contributed by atoms with Crippen molar-refractivity contribution in [1.29, 1.82) is 0 Å². The molecule has 1 aliphatic carbocycles. The van der Waals surface area contributed by atoms with E-state index < -0.39 is 0 Å². The molecule has 5 nitrogen and oxygen atoms in total. The minimum atomic E-state index is -0.125. The number of aryl methyl sites for hydroxylation is 1. The fraction of sp³-hybridized carbons (Fsp3) is 0.500. The van der Waals surface area contributed by atoms with E-state index in [2.05, 4.69) is 16.0 Å². The molecule has 114 valence electrons. The second kappa shape index (κ2) is 7.22. The second-order valence-corrected chi connectivity index (χ2v) is 5.51. The van der Waals surface area contributed by atoms with Crippen LogP contribution in [-0.2, 0) is 4.79 Å². The molecule has 0 aliphatic heterocycles. The lowest BCUT2D eigenvalue weighted by molar-refractivity contribution is -0.115. The zero-order valence-corrected chi connectivity index (χ0v) is 12.7. The summed E-state index contributed by atoms with van der Waals surface area (Å²) in [6.07, 6.45) is 2.53. The number of hydrogen-bond donors (Lipinski definition) is 3. The average molecular weight is 289 g/mol. The number of carbonyl (C=O) groups is 2. The number of rotatable bonds is 7. The van der Waals surface area contributed by atoms with E-state index in [9.17, 15) is 9.59 Å². The van der Waals surface area contributed by atoms with E-state index in [4.69, 9.17) is 0 Å². The predicted octanol–water partition coefficient (Wildman–Crippen LogP) is 1.68. The number of carbonyl (C=O) groups excluding carboxylic acids is 2. The highest BCUT2D eigenvalue weighted by Gasteiger charge is 2.20. The highest BCUT2D eigenvalue weighted by atomic mass is 16.2. The molecule has 1 fully saturated rings. The molecule has 3 N–H and O–H groups in total. The van der Waals surface area contributed by atoms with Gasteiger partial charge in [0.15, 0.2) is 0 Å². The SMILES string of the molecule is CCNC(=O)c1ccc(C)c(NC(=O)CNCC2CC2)c1. The molecule has 21 heavy (non-hydrogen) atoms. The maximum absolute atomic E-state index is 11.9. The van der Waals surface area contributed by atoms with Gasteiger partial charge in [0.1, 0.15) is 0 Å².